The molecule has 1 aliphatic rings. The molecule has 0 fully saturated rings. The minimum atomic E-state index is -3.68. The van der Waals surface area contributed by atoms with Gasteiger partial charge in [0.25, 0.3) is 0 Å². The summed E-state index contributed by atoms with van der Waals surface area (Å²) in [7, 11) is -3.68. The van der Waals surface area contributed by atoms with Gasteiger partial charge >= 0.3 is 6.09 Å². The quantitative estimate of drug-likeness (QED) is 0.632. The molecule has 0 radical (unpaired) electrons. The number of nitrogens with zero attached hydrogens (tertiary/aromatic N) is 1. The molecule has 0 aliphatic carbocycles. The number of sulfonamides is 1. The van der Waals surface area contributed by atoms with Crippen molar-refractivity contribution in [2.45, 2.75) is 58.5 Å². The normalized spacial score (nSPS) is 14.5. The van der Waals surface area contributed by atoms with Crippen molar-refractivity contribution < 1.29 is 17.9 Å². The van der Waals surface area contributed by atoms with Gasteiger partial charge in [0.15, 0.2) is 0 Å². The van der Waals surface area contributed by atoms with Crippen LogP contribution in [0.4, 0.5) is 10.5 Å². The summed E-state index contributed by atoms with van der Waals surface area (Å²) in [6, 6.07) is 6.96. The molecule has 1 aliphatic heterocycles. The fourth-order valence-electron chi connectivity index (χ4n) is 2.72. The molecule has 0 spiro atoms. The van der Waals surface area contributed by atoms with Crippen molar-refractivity contribution in [3.8, 4) is 0 Å². The van der Waals surface area contributed by atoms with E-state index in [1.807, 2.05) is 0 Å². The number of anilines is 1. The van der Waals surface area contributed by atoms with E-state index in [2.05, 4.69) is 6.92 Å². The van der Waals surface area contributed by atoms with Crippen molar-refractivity contribution in [1.82, 2.24) is 0 Å². The Bertz CT molecular complexity index is 627. The van der Waals surface area contributed by atoms with Crippen molar-refractivity contribution in [2.24, 2.45) is 0 Å². The zero-order valence-corrected chi connectivity index (χ0v) is 14.5. The van der Waals surface area contributed by atoms with Crippen LogP contribution < -0.4 is 4.31 Å². The highest BCUT2D eigenvalue weighted by molar-refractivity contribution is 7.93. The monoisotopic (exact) mass is 339 g/mol. The second kappa shape index (κ2) is 8.34. The second-order valence-corrected chi connectivity index (χ2v) is 7.82. The van der Waals surface area contributed by atoms with Crippen LogP contribution in [0.2, 0.25) is 0 Å². The summed E-state index contributed by atoms with van der Waals surface area (Å²) in [5.41, 5.74) is 1.14. The number of ether oxygens (including phenoxy) is 1. The van der Waals surface area contributed by atoms with Crippen LogP contribution in [0.1, 0.15) is 57.4 Å². The van der Waals surface area contributed by atoms with E-state index in [1.165, 1.54) is 19.3 Å². The molecule has 0 atom stereocenters. The van der Waals surface area contributed by atoms with Gasteiger partial charge in [-0.1, -0.05) is 63.6 Å². The smallest absolute Gasteiger partial charge is 0.428 e. The maximum Gasteiger partial charge on any atom is 0.428 e. The zero-order chi connectivity index (χ0) is 16.7. The highest BCUT2D eigenvalue weighted by Gasteiger charge is 2.34. The van der Waals surface area contributed by atoms with Crippen LogP contribution in [-0.2, 0) is 21.4 Å². The van der Waals surface area contributed by atoms with Gasteiger partial charge in [-0.05, 0) is 12.5 Å². The number of benzene rings is 1. The van der Waals surface area contributed by atoms with Gasteiger partial charge in [0, 0.05) is 5.56 Å². The average Bonchev–Trinajstić information content (AvgIpc) is 2.53. The molecular formula is C17H25NO4S. The average molecular weight is 339 g/mol. The van der Waals surface area contributed by atoms with Crippen LogP contribution in [0.15, 0.2) is 24.3 Å². The molecule has 1 heterocycles. The standard InChI is InChI=1S/C17H25NO4S/c1-2-3-4-5-6-7-10-13-23(20,21)18-16-12-9-8-11-15(16)14-22-17(18)19/h8-9,11-12H,2-7,10,13-14H2,1H3. The molecule has 5 nitrogen and oxygen atoms in total. The Labute approximate surface area is 138 Å². The predicted molar refractivity (Wildman–Crippen MR) is 90.9 cm³/mol. The SMILES string of the molecule is CCCCCCCCCS(=O)(=O)N1C(=O)OCc2ccccc21. The number of amides is 1. The molecular weight excluding hydrogens is 314 g/mol. The van der Waals surface area contributed by atoms with Crippen LogP contribution in [0, 0.1) is 0 Å². The molecule has 0 saturated carbocycles. The van der Waals surface area contributed by atoms with Crippen molar-refractivity contribution in [3.63, 3.8) is 0 Å². The Morgan fingerprint density at radius 3 is 2.43 bits per heavy atom. The molecule has 0 unspecified atom stereocenters. The number of hydrogen-bond acceptors (Lipinski definition) is 4. The van der Waals surface area contributed by atoms with Crippen LogP contribution in [0.3, 0.4) is 0 Å². The summed E-state index contributed by atoms with van der Waals surface area (Å²) < 4.78 is 30.8. The lowest BCUT2D eigenvalue weighted by Gasteiger charge is -2.28. The van der Waals surface area contributed by atoms with Gasteiger partial charge < -0.3 is 4.74 Å². The van der Waals surface area contributed by atoms with Crippen molar-refractivity contribution >= 4 is 21.8 Å². The van der Waals surface area contributed by atoms with E-state index in [0.717, 1.165) is 29.1 Å². The van der Waals surface area contributed by atoms with Crippen LogP contribution in [0.5, 0.6) is 0 Å². The first-order chi connectivity index (χ1) is 11.1. The highest BCUT2D eigenvalue weighted by Crippen LogP contribution is 2.29. The fourth-order valence-corrected chi connectivity index (χ4v) is 4.23. The third-order valence-corrected chi connectivity index (χ3v) is 5.72. The summed E-state index contributed by atoms with van der Waals surface area (Å²) in [6.07, 6.45) is 6.45. The maximum absolute atomic E-state index is 12.5. The van der Waals surface area contributed by atoms with Gasteiger partial charge in [0.05, 0.1) is 11.4 Å². The largest absolute Gasteiger partial charge is 0.443 e. The van der Waals surface area contributed by atoms with Crippen molar-refractivity contribution in [3.05, 3.63) is 29.8 Å². The number of fused-ring (bicyclic) bond motifs is 1. The van der Waals surface area contributed by atoms with Gasteiger partial charge in [0.1, 0.15) is 6.61 Å². The summed E-state index contributed by atoms with van der Waals surface area (Å²) in [6.45, 7) is 2.29. The van der Waals surface area contributed by atoms with E-state index in [0.29, 0.717) is 12.1 Å². The number of para-hydroxylation sites is 1. The second-order valence-electron chi connectivity index (χ2n) is 5.89. The molecule has 1 aromatic carbocycles. The number of rotatable bonds is 9. The summed E-state index contributed by atoms with van der Waals surface area (Å²) in [4.78, 5) is 11.9. The number of carbonyl (C=O) groups is 1. The molecule has 0 aromatic heterocycles. The first-order valence-electron chi connectivity index (χ1n) is 8.34. The minimum absolute atomic E-state index is 0.0236. The number of carbonyl (C=O) groups excluding carboxylic acids is 1. The Hall–Kier alpha value is -1.56. The topological polar surface area (TPSA) is 63.7 Å². The van der Waals surface area contributed by atoms with E-state index in [9.17, 15) is 13.2 Å². The third kappa shape index (κ3) is 4.70. The summed E-state index contributed by atoms with van der Waals surface area (Å²) in [5.74, 6) is -0.0236. The lowest BCUT2D eigenvalue weighted by atomic mass is 10.1. The van der Waals surface area contributed by atoms with Crippen LogP contribution in [0.25, 0.3) is 0 Å². The molecule has 1 aromatic rings. The molecule has 0 bridgehead atoms. The summed E-state index contributed by atoms with van der Waals surface area (Å²) >= 11 is 0. The lowest BCUT2D eigenvalue weighted by molar-refractivity contribution is 0.146. The number of hydrogen-bond donors (Lipinski definition) is 0. The third-order valence-electron chi connectivity index (χ3n) is 4.01. The predicted octanol–water partition coefficient (Wildman–Crippen LogP) is 4.22. The maximum atomic E-state index is 12.5. The van der Waals surface area contributed by atoms with Crippen LogP contribution >= 0.6 is 0 Å². The number of unbranched alkanes of at least 4 members (excludes halogenated alkanes) is 6. The van der Waals surface area contributed by atoms with Gasteiger partial charge in [0.2, 0.25) is 10.0 Å². The van der Waals surface area contributed by atoms with E-state index in [4.69, 9.17) is 4.74 Å². The highest BCUT2D eigenvalue weighted by atomic mass is 32.2. The van der Waals surface area contributed by atoms with E-state index < -0.39 is 16.1 Å². The molecule has 128 valence electrons. The van der Waals surface area contributed by atoms with Gasteiger partial charge in [-0.3, -0.25) is 0 Å². The van der Waals surface area contributed by atoms with Crippen molar-refractivity contribution in [1.29, 1.82) is 0 Å². The molecule has 1 amide bonds. The summed E-state index contributed by atoms with van der Waals surface area (Å²) in [5, 5.41) is 0. The Kier molecular flexibility index (Phi) is 6.45. The Morgan fingerprint density at radius 1 is 1.04 bits per heavy atom. The van der Waals surface area contributed by atoms with Gasteiger partial charge in [-0.25, -0.2) is 13.2 Å². The van der Waals surface area contributed by atoms with Crippen molar-refractivity contribution in [2.75, 3.05) is 10.1 Å². The van der Waals surface area contributed by atoms with Gasteiger partial charge in [-0.15, -0.1) is 0 Å². The molecule has 6 heteroatoms. The number of cyclic esters (lactones) is 1. The van der Waals surface area contributed by atoms with E-state index in [-0.39, 0.29) is 12.4 Å². The zero-order valence-electron chi connectivity index (χ0n) is 13.7. The van der Waals surface area contributed by atoms with Gasteiger partial charge in [-0.2, -0.15) is 4.31 Å². The van der Waals surface area contributed by atoms with E-state index >= 15 is 0 Å². The molecule has 0 saturated heterocycles. The molecule has 2 rings (SSSR count). The van der Waals surface area contributed by atoms with E-state index in [1.54, 1.807) is 24.3 Å². The Morgan fingerprint density at radius 2 is 1.70 bits per heavy atom. The Balaban J connectivity index is 1.93. The minimum Gasteiger partial charge on any atom is -0.443 e. The first-order valence-corrected chi connectivity index (χ1v) is 9.95. The lowest BCUT2D eigenvalue weighted by Crippen LogP contribution is -2.41. The van der Waals surface area contributed by atoms with Crippen LogP contribution in [-0.4, -0.2) is 20.3 Å². The molecule has 23 heavy (non-hydrogen) atoms. The molecule has 0 N–H and O–H groups in total. The fraction of sp³-hybridized carbons (Fsp3) is 0.588. The first kappa shape index (κ1) is 17.8.